The van der Waals surface area contributed by atoms with Gasteiger partial charge in [0.25, 0.3) is 11.8 Å². The lowest BCUT2D eigenvalue weighted by molar-refractivity contribution is -0.123. The largest absolute Gasteiger partial charge is 0.497 e. The number of carbonyl (C=O) groups is 3. The van der Waals surface area contributed by atoms with Crippen LogP contribution in [0.4, 0.5) is 11.4 Å². The Kier molecular flexibility index (Phi) is 9.03. The first-order valence-corrected chi connectivity index (χ1v) is 13.7. The molecule has 39 heavy (non-hydrogen) atoms. The number of hydrogen-bond acceptors (Lipinski definition) is 8. The van der Waals surface area contributed by atoms with Crippen molar-refractivity contribution in [3.05, 3.63) is 64.7 Å². The summed E-state index contributed by atoms with van der Waals surface area (Å²) < 4.78 is 14.9. The van der Waals surface area contributed by atoms with E-state index in [-0.39, 0.29) is 28.2 Å². The highest BCUT2D eigenvalue weighted by Crippen LogP contribution is 2.35. The second-order valence-corrected chi connectivity index (χ2v) is 10.0. The van der Waals surface area contributed by atoms with Crippen LogP contribution in [0.1, 0.15) is 70.8 Å². The number of ether oxygens (including phenoxy) is 2. The standard InChI is InChI=1S/C28H33N5O5S/c1-3-38-21-13-9-17(10-14-21)24(27(35)31-18-7-5-4-6-8-18)33(19-11-15-20(37-2)16-12-19)28(36)25-22(29)23(26(30)34)32-39-25/h9-16,18,24H,3-8,29H2,1-2H3,(H2,30,34)(H,31,35)/t24-/m0/s1. The smallest absolute Gasteiger partial charge is 0.273 e. The van der Waals surface area contributed by atoms with Crippen LogP contribution in [0.3, 0.4) is 0 Å². The van der Waals surface area contributed by atoms with Crippen molar-refractivity contribution in [2.75, 3.05) is 24.4 Å². The Balaban J connectivity index is 1.83. The maximum Gasteiger partial charge on any atom is 0.273 e. The number of carbonyl (C=O) groups excluding carboxylic acids is 3. The van der Waals surface area contributed by atoms with E-state index in [0.717, 1.165) is 43.6 Å². The lowest BCUT2D eigenvalue weighted by Gasteiger charge is -2.33. The molecule has 10 nitrogen and oxygen atoms in total. The van der Waals surface area contributed by atoms with Crippen LogP contribution in [0.5, 0.6) is 11.5 Å². The van der Waals surface area contributed by atoms with Gasteiger partial charge in [-0.2, -0.15) is 4.37 Å². The molecule has 1 saturated carbocycles. The van der Waals surface area contributed by atoms with Crippen LogP contribution >= 0.6 is 11.5 Å². The van der Waals surface area contributed by atoms with E-state index in [9.17, 15) is 14.4 Å². The molecule has 0 unspecified atom stereocenters. The molecule has 1 aliphatic rings. The van der Waals surface area contributed by atoms with Crippen LogP contribution in [0.2, 0.25) is 0 Å². The number of methoxy groups -OCH3 is 1. The molecule has 5 N–H and O–H groups in total. The Labute approximate surface area is 231 Å². The number of nitrogens with two attached hydrogens (primary N) is 2. The van der Waals surface area contributed by atoms with E-state index in [1.165, 1.54) is 4.90 Å². The van der Waals surface area contributed by atoms with Gasteiger partial charge in [-0.3, -0.25) is 19.3 Å². The van der Waals surface area contributed by atoms with Crippen molar-refractivity contribution in [2.45, 2.75) is 51.1 Å². The van der Waals surface area contributed by atoms with E-state index in [1.54, 1.807) is 55.6 Å². The second-order valence-electron chi connectivity index (χ2n) is 9.26. The number of amides is 3. The molecule has 1 aliphatic carbocycles. The molecule has 0 saturated heterocycles. The highest BCUT2D eigenvalue weighted by molar-refractivity contribution is 7.09. The zero-order valence-electron chi connectivity index (χ0n) is 22.0. The van der Waals surface area contributed by atoms with Gasteiger partial charge in [-0.25, -0.2) is 0 Å². The SMILES string of the molecule is CCOc1ccc([C@@H](C(=O)NC2CCCCC2)N(C(=O)c2snc(C(N)=O)c2N)c2ccc(OC)cc2)cc1. The molecule has 1 heterocycles. The van der Waals surface area contributed by atoms with E-state index >= 15 is 0 Å². The lowest BCUT2D eigenvalue weighted by Crippen LogP contribution is -2.47. The van der Waals surface area contributed by atoms with Gasteiger partial charge in [-0.1, -0.05) is 31.4 Å². The number of benzene rings is 2. The van der Waals surface area contributed by atoms with E-state index in [2.05, 4.69) is 9.69 Å². The predicted molar refractivity (Wildman–Crippen MR) is 150 cm³/mol. The molecule has 3 aromatic rings. The van der Waals surface area contributed by atoms with E-state index in [1.807, 2.05) is 6.92 Å². The number of aromatic nitrogens is 1. The second kappa shape index (κ2) is 12.6. The van der Waals surface area contributed by atoms with Crippen molar-refractivity contribution < 1.29 is 23.9 Å². The predicted octanol–water partition coefficient (Wildman–Crippen LogP) is 4.07. The van der Waals surface area contributed by atoms with Crippen molar-refractivity contribution in [1.29, 1.82) is 0 Å². The van der Waals surface area contributed by atoms with Gasteiger partial charge in [0.2, 0.25) is 5.91 Å². The molecule has 4 rings (SSSR count). The fourth-order valence-corrected chi connectivity index (χ4v) is 5.47. The van der Waals surface area contributed by atoms with E-state index in [0.29, 0.717) is 29.4 Å². The molecule has 0 bridgehead atoms. The minimum absolute atomic E-state index is 0.0132. The third-order valence-electron chi connectivity index (χ3n) is 6.69. The summed E-state index contributed by atoms with van der Waals surface area (Å²) in [4.78, 5) is 41.4. The van der Waals surface area contributed by atoms with Crippen molar-refractivity contribution >= 4 is 40.6 Å². The number of anilines is 2. The van der Waals surface area contributed by atoms with Crippen LogP contribution in [-0.4, -0.2) is 41.9 Å². The maximum absolute atomic E-state index is 14.2. The van der Waals surface area contributed by atoms with Gasteiger partial charge in [0.15, 0.2) is 5.69 Å². The first-order valence-electron chi connectivity index (χ1n) is 12.9. The minimum Gasteiger partial charge on any atom is -0.497 e. The molecule has 0 aliphatic heterocycles. The molecule has 3 amide bonds. The summed E-state index contributed by atoms with van der Waals surface area (Å²) >= 11 is 0.769. The van der Waals surface area contributed by atoms with Crippen molar-refractivity contribution in [3.8, 4) is 11.5 Å². The van der Waals surface area contributed by atoms with Crippen LogP contribution in [0.25, 0.3) is 0 Å². The number of rotatable bonds is 10. The van der Waals surface area contributed by atoms with Crippen molar-refractivity contribution in [3.63, 3.8) is 0 Å². The average molecular weight is 552 g/mol. The Morgan fingerprint density at radius 1 is 1.05 bits per heavy atom. The molecular formula is C28H33N5O5S. The zero-order valence-corrected chi connectivity index (χ0v) is 22.8. The van der Waals surface area contributed by atoms with Gasteiger partial charge in [0.1, 0.15) is 22.4 Å². The first-order chi connectivity index (χ1) is 18.8. The number of nitrogens with zero attached hydrogens (tertiary/aromatic N) is 2. The van der Waals surface area contributed by atoms with Gasteiger partial charge < -0.3 is 26.3 Å². The fraction of sp³-hybridized carbons (Fsp3) is 0.357. The highest BCUT2D eigenvalue weighted by Gasteiger charge is 2.37. The maximum atomic E-state index is 14.2. The zero-order chi connectivity index (χ0) is 27.9. The summed E-state index contributed by atoms with van der Waals surface area (Å²) in [7, 11) is 1.54. The van der Waals surface area contributed by atoms with E-state index in [4.69, 9.17) is 20.9 Å². The first kappa shape index (κ1) is 27.9. The summed E-state index contributed by atoms with van der Waals surface area (Å²) in [6, 6.07) is 12.8. The highest BCUT2D eigenvalue weighted by atomic mass is 32.1. The van der Waals surface area contributed by atoms with E-state index < -0.39 is 17.9 Å². The van der Waals surface area contributed by atoms with Crippen LogP contribution < -0.4 is 31.2 Å². The third-order valence-corrected chi connectivity index (χ3v) is 7.54. The number of nitrogens with one attached hydrogen (secondary N) is 1. The molecule has 1 aromatic heterocycles. The van der Waals surface area contributed by atoms with Crippen LogP contribution in [0.15, 0.2) is 48.5 Å². The van der Waals surface area contributed by atoms with Gasteiger partial charge in [-0.15, -0.1) is 0 Å². The van der Waals surface area contributed by atoms with Crippen molar-refractivity contribution in [1.82, 2.24) is 9.69 Å². The quantitative estimate of drug-likeness (QED) is 0.344. The molecule has 0 radical (unpaired) electrons. The Morgan fingerprint density at radius 2 is 1.69 bits per heavy atom. The molecular weight excluding hydrogens is 518 g/mol. The summed E-state index contributed by atoms with van der Waals surface area (Å²) in [5.74, 6) is -0.512. The van der Waals surface area contributed by atoms with Gasteiger partial charge in [-0.05, 0) is 73.3 Å². The molecule has 0 spiro atoms. The Morgan fingerprint density at radius 3 is 2.26 bits per heavy atom. The summed E-state index contributed by atoms with van der Waals surface area (Å²) in [5, 5.41) is 3.17. The third kappa shape index (κ3) is 6.31. The topological polar surface area (TPSA) is 150 Å². The minimum atomic E-state index is -1.05. The lowest BCUT2D eigenvalue weighted by atomic mass is 9.94. The van der Waals surface area contributed by atoms with Crippen LogP contribution in [-0.2, 0) is 4.79 Å². The summed E-state index contributed by atoms with van der Waals surface area (Å²) in [6.45, 7) is 2.38. The van der Waals surface area contributed by atoms with Crippen LogP contribution in [0, 0.1) is 0 Å². The molecule has 2 aromatic carbocycles. The molecule has 1 fully saturated rings. The van der Waals surface area contributed by atoms with Gasteiger partial charge in [0.05, 0.1) is 19.4 Å². The summed E-state index contributed by atoms with van der Waals surface area (Å²) in [5.41, 5.74) is 12.3. The van der Waals surface area contributed by atoms with Crippen molar-refractivity contribution in [2.24, 2.45) is 5.73 Å². The number of nitrogen functional groups attached to an aromatic ring is 1. The number of primary amides is 1. The monoisotopic (exact) mass is 551 g/mol. The fourth-order valence-electron chi connectivity index (χ4n) is 4.72. The average Bonchev–Trinajstić information content (AvgIpc) is 3.34. The number of hydrogen-bond donors (Lipinski definition) is 3. The molecule has 1 atom stereocenters. The van der Waals surface area contributed by atoms with Gasteiger partial charge >= 0.3 is 0 Å². The summed E-state index contributed by atoms with van der Waals surface area (Å²) in [6.07, 6.45) is 4.96. The van der Waals surface area contributed by atoms with Gasteiger partial charge in [0, 0.05) is 11.7 Å². The Hall–Kier alpha value is -4.12. The Bertz CT molecular complexity index is 1300. The molecule has 11 heteroatoms. The molecule has 206 valence electrons. The normalized spacial score (nSPS) is 14.3.